The molecule has 0 fully saturated rings. The van der Waals surface area contributed by atoms with E-state index in [2.05, 4.69) is 20.6 Å². The van der Waals surface area contributed by atoms with Gasteiger partial charge in [0.2, 0.25) is 5.89 Å². The van der Waals surface area contributed by atoms with Gasteiger partial charge in [0, 0.05) is 19.4 Å². The van der Waals surface area contributed by atoms with E-state index >= 15 is 0 Å². The molecule has 156 valence electrons. The standard InChI is InChI=1S/C18H26F3N5O2/c1-11(2)9-13-24-14(28-25-13)7-6-8-22-16(27)12-10-23-26(17(3,4)5)15(12)18(19,20)21/h10-11H,6-9H2,1-5H3,(H,22,27). The Bertz CT molecular complexity index is 803. The Labute approximate surface area is 161 Å². The van der Waals surface area contributed by atoms with E-state index in [0.717, 1.165) is 10.9 Å². The molecule has 1 N–H and O–H groups in total. The van der Waals surface area contributed by atoms with Crippen LogP contribution in [0.2, 0.25) is 0 Å². The van der Waals surface area contributed by atoms with Crippen molar-refractivity contribution in [1.29, 1.82) is 0 Å². The van der Waals surface area contributed by atoms with E-state index < -0.39 is 28.9 Å². The number of nitrogens with zero attached hydrogens (tertiary/aromatic N) is 4. The highest BCUT2D eigenvalue weighted by molar-refractivity contribution is 5.95. The molecule has 0 aromatic carbocycles. The molecule has 0 radical (unpaired) electrons. The van der Waals surface area contributed by atoms with Crippen molar-refractivity contribution in [3.8, 4) is 0 Å². The lowest BCUT2D eigenvalue weighted by molar-refractivity contribution is -0.146. The smallest absolute Gasteiger partial charge is 0.352 e. The van der Waals surface area contributed by atoms with Gasteiger partial charge in [0.25, 0.3) is 5.91 Å². The van der Waals surface area contributed by atoms with E-state index in [1.54, 1.807) is 20.8 Å². The third-order valence-electron chi connectivity index (χ3n) is 3.87. The molecule has 2 heterocycles. The minimum absolute atomic E-state index is 0.179. The molecule has 7 nitrogen and oxygen atoms in total. The predicted molar refractivity (Wildman–Crippen MR) is 95.7 cm³/mol. The summed E-state index contributed by atoms with van der Waals surface area (Å²) in [7, 11) is 0. The van der Waals surface area contributed by atoms with Crippen LogP contribution in [0, 0.1) is 5.92 Å². The highest BCUT2D eigenvalue weighted by atomic mass is 19.4. The summed E-state index contributed by atoms with van der Waals surface area (Å²) in [5.74, 6) is 0.662. The van der Waals surface area contributed by atoms with Crippen LogP contribution in [0.15, 0.2) is 10.7 Å². The molecule has 28 heavy (non-hydrogen) atoms. The first-order valence-corrected chi connectivity index (χ1v) is 9.15. The first-order valence-electron chi connectivity index (χ1n) is 9.15. The number of alkyl halides is 3. The van der Waals surface area contributed by atoms with Crippen molar-refractivity contribution in [1.82, 2.24) is 25.2 Å². The maximum atomic E-state index is 13.5. The van der Waals surface area contributed by atoms with Crippen LogP contribution in [0.25, 0.3) is 0 Å². The Balaban J connectivity index is 1.97. The number of amides is 1. The van der Waals surface area contributed by atoms with Gasteiger partial charge in [-0.15, -0.1) is 0 Å². The summed E-state index contributed by atoms with van der Waals surface area (Å²) < 4.78 is 46.4. The monoisotopic (exact) mass is 401 g/mol. The van der Waals surface area contributed by atoms with Crippen LogP contribution in [-0.2, 0) is 24.6 Å². The third-order valence-corrected chi connectivity index (χ3v) is 3.87. The van der Waals surface area contributed by atoms with Crippen LogP contribution in [0.4, 0.5) is 13.2 Å². The minimum Gasteiger partial charge on any atom is -0.352 e. The lowest BCUT2D eigenvalue weighted by Crippen LogP contribution is -2.32. The van der Waals surface area contributed by atoms with Crippen molar-refractivity contribution in [2.45, 2.75) is 65.6 Å². The number of aromatic nitrogens is 4. The van der Waals surface area contributed by atoms with Gasteiger partial charge in [0.05, 0.1) is 17.3 Å². The Morgan fingerprint density at radius 1 is 1.29 bits per heavy atom. The number of aryl methyl sites for hydroxylation is 1. The van der Waals surface area contributed by atoms with E-state index in [-0.39, 0.29) is 6.54 Å². The molecule has 0 saturated heterocycles. The van der Waals surface area contributed by atoms with Crippen LogP contribution in [0.5, 0.6) is 0 Å². The number of carbonyl (C=O) groups excluding carboxylic acids is 1. The number of hydrogen-bond donors (Lipinski definition) is 1. The second-order valence-electron chi connectivity index (χ2n) is 8.05. The molecule has 0 bridgehead atoms. The molecule has 0 aliphatic carbocycles. The molecule has 0 spiro atoms. The zero-order valence-corrected chi connectivity index (χ0v) is 16.7. The number of halogens is 3. The highest BCUT2D eigenvalue weighted by Gasteiger charge is 2.42. The normalized spacial score (nSPS) is 12.6. The lowest BCUT2D eigenvalue weighted by Gasteiger charge is -2.23. The summed E-state index contributed by atoms with van der Waals surface area (Å²) in [6, 6.07) is 0. The van der Waals surface area contributed by atoms with Gasteiger partial charge in [0.15, 0.2) is 11.5 Å². The fourth-order valence-corrected chi connectivity index (χ4v) is 2.67. The van der Waals surface area contributed by atoms with Crippen molar-refractivity contribution in [2.24, 2.45) is 5.92 Å². The lowest BCUT2D eigenvalue weighted by atomic mass is 10.1. The summed E-state index contributed by atoms with van der Waals surface area (Å²) in [5, 5.41) is 10.2. The summed E-state index contributed by atoms with van der Waals surface area (Å²) in [6.07, 6.45) is -2.13. The maximum absolute atomic E-state index is 13.5. The average Bonchev–Trinajstić information content (AvgIpc) is 3.16. The average molecular weight is 401 g/mol. The van der Waals surface area contributed by atoms with E-state index in [4.69, 9.17) is 4.52 Å². The Morgan fingerprint density at radius 3 is 2.54 bits per heavy atom. The third kappa shape index (κ3) is 5.56. The van der Waals surface area contributed by atoms with Crippen LogP contribution >= 0.6 is 0 Å². The van der Waals surface area contributed by atoms with Gasteiger partial charge >= 0.3 is 6.18 Å². The molecule has 10 heteroatoms. The van der Waals surface area contributed by atoms with Crippen molar-refractivity contribution in [3.63, 3.8) is 0 Å². The van der Waals surface area contributed by atoms with Gasteiger partial charge in [-0.25, -0.2) is 0 Å². The maximum Gasteiger partial charge on any atom is 0.433 e. The molecule has 2 aromatic rings. The SMILES string of the molecule is CC(C)Cc1noc(CCCNC(=O)c2cnn(C(C)(C)C)c2C(F)(F)F)n1. The van der Waals surface area contributed by atoms with Crippen molar-refractivity contribution >= 4 is 5.91 Å². The van der Waals surface area contributed by atoms with Gasteiger partial charge in [-0.2, -0.15) is 23.3 Å². The number of carbonyl (C=O) groups is 1. The van der Waals surface area contributed by atoms with Gasteiger partial charge in [-0.1, -0.05) is 19.0 Å². The van der Waals surface area contributed by atoms with Crippen LogP contribution in [0.3, 0.4) is 0 Å². The van der Waals surface area contributed by atoms with Crippen molar-refractivity contribution in [2.75, 3.05) is 6.54 Å². The molecular weight excluding hydrogens is 375 g/mol. The topological polar surface area (TPSA) is 85.8 Å². The molecule has 0 saturated carbocycles. The summed E-state index contributed by atoms with van der Waals surface area (Å²) in [6.45, 7) is 9.04. The molecule has 0 aliphatic heterocycles. The second kappa shape index (κ2) is 8.32. The molecule has 2 rings (SSSR count). The Morgan fingerprint density at radius 2 is 1.96 bits per heavy atom. The predicted octanol–water partition coefficient (Wildman–Crippen LogP) is 3.60. The zero-order chi connectivity index (χ0) is 21.1. The molecule has 0 unspecified atom stereocenters. The van der Waals surface area contributed by atoms with Gasteiger partial charge in [-0.05, 0) is 33.1 Å². The van der Waals surface area contributed by atoms with Crippen LogP contribution < -0.4 is 5.32 Å². The number of nitrogens with one attached hydrogen (secondary N) is 1. The first kappa shape index (κ1) is 21.9. The van der Waals surface area contributed by atoms with E-state index in [1.807, 2.05) is 13.8 Å². The number of hydrogen-bond acceptors (Lipinski definition) is 5. The summed E-state index contributed by atoms with van der Waals surface area (Å²) >= 11 is 0. The fraction of sp³-hybridized carbons (Fsp3) is 0.667. The van der Waals surface area contributed by atoms with Gasteiger partial charge in [-0.3, -0.25) is 9.48 Å². The fourth-order valence-electron chi connectivity index (χ4n) is 2.67. The Kier molecular flexibility index (Phi) is 6.51. The Hall–Kier alpha value is -2.39. The van der Waals surface area contributed by atoms with Crippen LogP contribution in [0.1, 0.15) is 68.8 Å². The first-order chi connectivity index (χ1) is 12.9. The van der Waals surface area contributed by atoms with Gasteiger partial charge < -0.3 is 9.84 Å². The van der Waals surface area contributed by atoms with Crippen molar-refractivity contribution in [3.05, 3.63) is 29.2 Å². The van der Waals surface area contributed by atoms with E-state index in [1.165, 1.54) is 0 Å². The van der Waals surface area contributed by atoms with E-state index in [9.17, 15) is 18.0 Å². The van der Waals surface area contributed by atoms with E-state index in [0.29, 0.717) is 36.9 Å². The van der Waals surface area contributed by atoms with Crippen molar-refractivity contribution < 1.29 is 22.5 Å². The van der Waals surface area contributed by atoms with Crippen LogP contribution in [-0.4, -0.2) is 32.4 Å². The molecule has 2 aromatic heterocycles. The quantitative estimate of drug-likeness (QED) is 0.717. The molecule has 1 amide bonds. The van der Waals surface area contributed by atoms with Gasteiger partial charge in [0.1, 0.15) is 0 Å². The second-order valence-corrected chi connectivity index (χ2v) is 8.05. The summed E-state index contributed by atoms with van der Waals surface area (Å²) in [4.78, 5) is 16.5. The molecule has 0 aliphatic rings. The number of rotatable bonds is 7. The molecular formula is C18H26F3N5O2. The summed E-state index contributed by atoms with van der Waals surface area (Å²) in [5.41, 5.74) is -2.44. The zero-order valence-electron chi connectivity index (χ0n) is 16.7. The molecule has 0 atom stereocenters. The minimum atomic E-state index is -4.69. The largest absolute Gasteiger partial charge is 0.433 e. The highest BCUT2D eigenvalue weighted by Crippen LogP contribution is 2.34.